The lowest BCUT2D eigenvalue weighted by Crippen LogP contribution is -2.66. The molecule has 0 aromatic carbocycles. The summed E-state index contributed by atoms with van der Waals surface area (Å²) in [7, 11) is 0. The number of fused-ring (bicyclic) bond motifs is 1. The molecular formula is C20H30O4. The SMILES string of the molecule is C[C@@]12CCC[C@@](C)(C(=O)O)[C@H]1CC[C@]13C[C@H]4C[C@H](O[C@@]4(C)[C@H]1O)[C@@H]23. The summed E-state index contributed by atoms with van der Waals surface area (Å²) in [5.74, 6) is 0.383. The Morgan fingerprint density at radius 1 is 1.17 bits per heavy atom. The van der Waals surface area contributed by atoms with E-state index in [9.17, 15) is 15.0 Å². The maximum atomic E-state index is 12.1. The molecule has 6 fully saturated rings. The van der Waals surface area contributed by atoms with Crippen LogP contribution >= 0.6 is 0 Å². The highest BCUT2D eigenvalue weighted by atomic mass is 16.5. The van der Waals surface area contributed by atoms with E-state index in [0.717, 1.165) is 44.9 Å². The van der Waals surface area contributed by atoms with Gasteiger partial charge in [0.15, 0.2) is 0 Å². The first kappa shape index (κ1) is 15.6. The summed E-state index contributed by atoms with van der Waals surface area (Å²) in [6, 6.07) is 0. The quantitative estimate of drug-likeness (QED) is 0.773. The van der Waals surface area contributed by atoms with E-state index in [1.54, 1.807) is 0 Å². The molecule has 24 heavy (non-hydrogen) atoms. The van der Waals surface area contributed by atoms with Crippen LogP contribution < -0.4 is 0 Å². The van der Waals surface area contributed by atoms with Gasteiger partial charge in [0.1, 0.15) is 0 Å². The van der Waals surface area contributed by atoms with Crippen molar-refractivity contribution in [2.75, 3.05) is 0 Å². The molecule has 4 saturated carbocycles. The molecule has 2 saturated heterocycles. The molecule has 2 aliphatic heterocycles. The van der Waals surface area contributed by atoms with Gasteiger partial charge in [0.2, 0.25) is 0 Å². The molecule has 0 radical (unpaired) electrons. The minimum atomic E-state index is -0.630. The molecule has 4 aliphatic carbocycles. The summed E-state index contributed by atoms with van der Waals surface area (Å²) in [5, 5.41) is 21.2. The summed E-state index contributed by atoms with van der Waals surface area (Å²) in [4.78, 5) is 12.1. The van der Waals surface area contributed by atoms with E-state index < -0.39 is 11.4 Å². The Morgan fingerprint density at radius 3 is 2.58 bits per heavy atom. The highest BCUT2D eigenvalue weighted by molar-refractivity contribution is 5.75. The fourth-order valence-corrected chi connectivity index (χ4v) is 8.65. The van der Waals surface area contributed by atoms with Crippen LogP contribution in [-0.2, 0) is 9.53 Å². The van der Waals surface area contributed by atoms with Gasteiger partial charge in [-0.15, -0.1) is 0 Å². The number of ether oxygens (including phenoxy) is 1. The maximum absolute atomic E-state index is 12.1. The Morgan fingerprint density at radius 2 is 1.92 bits per heavy atom. The molecule has 4 bridgehead atoms. The standard InChI is InChI=1S/C20H30O4/c1-17-6-4-7-18(2,16(22)23)13(17)5-8-20-10-11-9-12(14(17)20)24-19(11,3)15(20)21/h11-15,21H,4-10H2,1-3H3,(H,22,23)/t11-,12+,13+,14+,15-,17-,18-,19-,20-/m1/s1. The lowest BCUT2D eigenvalue weighted by atomic mass is 9.40. The maximum Gasteiger partial charge on any atom is 0.309 e. The third kappa shape index (κ3) is 1.41. The first-order valence-corrected chi connectivity index (χ1v) is 9.78. The molecule has 0 unspecified atom stereocenters. The highest BCUT2D eigenvalue weighted by Crippen LogP contribution is 2.76. The monoisotopic (exact) mass is 334 g/mol. The summed E-state index contributed by atoms with van der Waals surface area (Å²) in [6.07, 6.45) is 6.76. The van der Waals surface area contributed by atoms with Gasteiger partial charge in [-0.05, 0) is 75.5 Å². The molecule has 4 heteroatoms. The molecule has 4 nitrogen and oxygen atoms in total. The van der Waals surface area contributed by atoms with Gasteiger partial charge in [-0.25, -0.2) is 0 Å². The zero-order chi connectivity index (χ0) is 17.1. The van der Waals surface area contributed by atoms with E-state index in [-0.39, 0.29) is 34.6 Å². The van der Waals surface area contributed by atoms with Crippen LogP contribution in [0.3, 0.4) is 0 Å². The van der Waals surface area contributed by atoms with Crippen LogP contribution in [0.2, 0.25) is 0 Å². The Kier molecular flexibility index (Phi) is 2.73. The number of hydrogen-bond acceptors (Lipinski definition) is 3. The Bertz CT molecular complexity index is 619. The van der Waals surface area contributed by atoms with Crippen molar-refractivity contribution in [1.82, 2.24) is 0 Å². The number of aliphatic carboxylic acids is 1. The number of rotatable bonds is 1. The normalized spacial score (nSPS) is 63.9. The molecule has 2 N–H and O–H groups in total. The minimum Gasteiger partial charge on any atom is -0.481 e. The highest BCUT2D eigenvalue weighted by Gasteiger charge is 2.78. The molecule has 0 aromatic rings. The first-order chi connectivity index (χ1) is 11.2. The zero-order valence-corrected chi connectivity index (χ0v) is 15.0. The van der Waals surface area contributed by atoms with Crippen LogP contribution in [0.4, 0.5) is 0 Å². The Balaban J connectivity index is 1.63. The number of carbonyl (C=O) groups is 1. The van der Waals surface area contributed by atoms with E-state index in [2.05, 4.69) is 13.8 Å². The number of carboxylic acid groups (broad SMARTS) is 1. The second kappa shape index (κ2) is 4.20. The average Bonchev–Trinajstić information content (AvgIpc) is 2.84. The van der Waals surface area contributed by atoms with Gasteiger partial charge in [-0.3, -0.25) is 4.79 Å². The van der Waals surface area contributed by atoms with Gasteiger partial charge in [-0.1, -0.05) is 13.3 Å². The number of aliphatic hydroxyl groups is 1. The lowest BCUT2D eigenvalue weighted by molar-refractivity contribution is -0.271. The smallest absolute Gasteiger partial charge is 0.309 e. The predicted molar refractivity (Wildman–Crippen MR) is 88.4 cm³/mol. The van der Waals surface area contributed by atoms with Gasteiger partial charge < -0.3 is 14.9 Å². The average molecular weight is 334 g/mol. The summed E-state index contributed by atoms with van der Waals surface area (Å²) >= 11 is 0. The van der Waals surface area contributed by atoms with E-state index in [1.165, 1.54) is 0 Å². The van der Waals surface area contributed by atoms with Crippen LogP contribution in [-0.4, -0.2) is 34.0 Å². The molecule has 6 rings (SSSR count). The van der Waals surface area contributed by atoms with Crippen molar-refractivity contribution < 1.29 is 19.7 Å². The first-order valence-electron chi connectivity index (χ1n) is 9.78. The summed E-state index contributed by atoms with van der Waals surface area (Å²) < 4.78 is 6.46. The minimum absolute atomic E-state index is 0.0219. The van der Waals surface area contributed by atoms with Crippen molar-refractivity contribution in [2.45, 2.75) is 83.5 Å². The molecule has 6 aliphatic rings. The molecule has 0 aromatic heterocycles. The lowest BCUT2D eigenvalue weighted by Gasteiger charge is -2.66. The fraction of sp³-hybridized carbons (Fsp3) is 0.950. The molecule has 9 atom stereocenters. The number of aliphatic hydroxyl groups excluding tert-OH is 1. The van der Waals surface area contributed by atoms with Crippen LogP contribution in [0.1, 0.15) is 65.7 Å². The van der Waals surface area contributed by atoms with Crippen molar-refractivity contribution in [3.05, 3.63) is 0 Å². The van der Waals surface area contributed by atoms with E-state index in [0.29, 0.717) is 11.8 Å². The van der Waals surface area contributed by atoms with Crippen LogP contribution in [0.15, 0.2) is 0 Å². The van der Waals surface area contributed by atoms with Crippen molar-refractivity contribution in [3.63, 3.8) is 0 Å². The summed E-state index contributed by atoms with van der Waals surface area (Å²) in [6.45, 7) is 6.41. The van der Waals surface area contributed by atoms with Crippen LogP contribution in [0.25, 0.3) is 0 Å². The second-order valence-electron chi connectivity index (χ2n) is 10.3. The van der Waals surface area contributed by atoms with Crippen molar-refractivity contribution >= 4 is 5.97 Å². The van der Waals surface area contributed by atoms with Crippen LogP contribution in [0, 0.1) is 34.0 Å². The van der Waals surface area contributed by atoms with Crippen molar-refractivity contribution in [2.24, 2.45) is 34.0 Å². The Hall–Kier alpha value is -0.610. The largest absolute Gasteiger partial charge is 0.481 e. The molecule has 0 amide bonds. The van der Waals surface area contributed by atoms with E-state index in [1.807, 2.05) is 6.92 Å². The second-order valence-corrected chi connectivity index (χ2v) is 10.3. The molecule has 134 valence electrons. The van der Waals surface area contributed by atoms with Gasteiger partial charge in [-0.2, -0.15) is 0 Å². The fourth-order valence-electron chi connectivity index (χ4n) is 8.65. The van der Waals surface area contributed by atoms with E-state index in [4.69, 9.17) is 4.74 Å². The summed E-state index contributed by atoms with van der Waals surface area (Å²) in [5.41, 5.74) is -1.02. The number of hydrogen-bond donors (Lipinski definition) is 2. The Labute approximate surface area is 144 Å². The van der Waals surface area contributed by atoms with Crippen LogP contribution in [0.5, 0.6) is 0 Å². The topological polar surface area (TPSA) is 66.8 Å². The van der Waals surface area contributed by atoms with Gasteiger partial charge in [0.25, 0.3) is 0 Å². The third-order valence-electron chi connectivity index (χ3n) is 9.51. The molecular weight excluding hydrogens is 304 g/mol. The van der Waals surface area contributed by atoms with Gasteiger partial charge in [0, 0.05) is 5.41 Å². The van der Waals surface area contributed by atoms with Gasteiger partial charge >= 0.3 is 5.97 Å². The van der Waals surface area contributed by atoms with Crippen molar-refractivity contribution in [3.8, 4) is 0 Å². The van der Waals surface area contributed by atoms with E-state index >= 15 is 0 Å². The predicted octanol–water partition coefficient (Wildman–Crippen LogP) is 3.22. The molecule has 2 heterocycles. The third-order valence-corrected chi connectivity index (χ3v) is 9.51. The molecule has 1 spiro atoms. The number of carboxylic acids is 1. The van der Waals surface area contributed by atoms with Gasteiger partial charge in [0.05, 0.1) is 23.2 Å². The zero-order valence-electron chi connectivity index (χ0n) is 15.0. The van der Waals surface area contributed by atoms with Crippen molar-refractivity contribution in [1.29, 1.82) is 0 Å².